The van der Waals surface area contributed by atoms with Crippen LogP contribution in [0.5, 0.6) is 0 Å². The standard InChI is InChI=1S/C10H10BrN3O2/c11-7-1-2-8(6(3-7)4-12)14-5-9(15)10(13)16/h1-3,9,14-15H,5H2,(H2,13,16). The van der Waals surface area contributed by atoms with E-state index in [9.17, 15) is 9.90 Å². The fraction of sp³-hybridized carbons (Fsp3) is 0.200. The fourth-order valence-electron chi connectivity index (χ4n) is 1.07. The number of hydrogen-bond acceptors (Lipinski definition) is 4. The lowest BCUT2D eigenvalue weighted by Crippen LogP contribution is -2.34. The van der Waals surface area contributed by atoms with Gasteiger partial charge in [0.05, 0.1) is 11.3 Å². The van der Waals surface area contributed by atoms with Crippen LogP contribution in [0.4, 0.5) is 5.69 Å². The summed E-state index contributed by atoms with van der Waals surface area (Å²) in [4.78, 5) is 10.6. The second-order valence-electron chi connectivity index (χ2n) is 3.10. The van der Waals surface area contributed by atoms with Crippen LogP contribution in [0.3, 0.4) is 0 Å². The van der Waals surface area contributed by atoms with E-state index in [1.54, 1.807) is 18.2 Å². The second kappa shape index (κ2) is 5.49. The van der Waals surface area contributed by atoms with Gasteiger partial charge in [0, 0.05) is 11.0 Å². The van der Waals surface area contributed by atoms with E-state index in [0.29, 0.717) is 11.3 Å². The molecule has 1 atom stereocenters. The zero-order chi connectivity index (χ0) is 12.1. The van der Waals surface area contributed by atoms with Crippen molar-refractivity contribution in [2.24, 2.45) is 5.73 Å². The van der Waals surface area contributed by atoms with Crippen molar-refractivity contribution < 1.29 is 9.90 Å². The lowest BCUT2D eigenvalue weighted by molar-refractivity contribution is -0.125. The van der Waals surface area contributed by atoms with Gasteiger partial charge in [0.15, 0.2) is 0 Å². The Hall–Kier alpha value is -1.58. The molecule has 16 heavy (non-hydrogen) atoms. The molecular weight excluding hydrogens is 274 g/mol. The Kier molecular flexibility index (Phi) is 4.28. The molecule has 0 aliphatic carbocycles. The van der Waals surface area contributed by atoms with Gasteiger partial charge in [-0.25, -0.2) is 0 Å². The van der Waals surface area contributed by atoms with E-state index >= 15 is 0 Å². The monoisotopic (exact) mass is 283 g/mol. The third-order valence-electron chi connectivity index (χ3n) is 1.92. The number of nitrogens with one attached hydrogen (secondary N) is 1. The van der Waals surface area contributed by atoms with Crippen molar-refractivity contribution in [3.8, 4) is 6.07 Å². The molecule has 5 nitrogen and oxygen atoms in total. The number of nitrogens with zero attached hydrogens (tertiary/aromatic N) is 1. The zero-order valence-corrected chi connectivity index (χ0v) is 9.86. The first-order chi connectivity index (χ1) is 7.54. The number of benzene rings is 1. The third kappa shape index (κ3) is 3.22. The van der Waals surface area contributed by atoms with Crippen LogP contribution in [0.15, 0.2) is 22.7 Å². The Labute approximate surface area is 101 Å². The molecule has 1 unspecified atom stereocenters. The van der Waals surface area contributed by atoms with Gasteiger partial charge in [0.25, 0.3) is 0 Å². The quantitative estimate of drug-likeness (QED) is 0.753. The number of aliphatic hydroxyl groups excluding tert-OH is 1. The number of nitriles is 1. The molecule has 0 aliphatic rings. The van der Waals surface area contributed by atoms with Crippen molar-refractivity contribution in [1.29, 1.82) is 5.26 Å². The number of primary amides is 1. The van der Waals surface area contributed by atoms with Crippen LogP contribution in [0.2, 0.25) is 0 Å². The van der Waals surface area contributed by atoms with E-state index in [2.05, 4.69) is 21.2 Å². The number of halogens is 1. The molecule has 0 aromatic heterocycles. The molecule has 84 valence electrons. The van der Waals surface area contributed by atoms with Crippen LogP contribution in [0, 0.1) is 11.3 Å². The number of amides is 1. The Morgan fingerprint density at radius 1 is 1.69 bits per heavy atom. The number of carbonyl (C=O) groups excluding carboxylic acids is 1. The summed E-state index contributed by atoms with van der Waals surface area (Å²) in [7, 11) is 0. The summed E-state index contributed by atoms with van der Waals surface area (Å²) < 4.78 is 0.782. The van der Waals surface area contributed by atoms with Crippen LogP contribution in [-0.2, 0) is 4.79 Å². The summed E-state index contributed by atoms with van der Waals surface area (Å²) in [5, 5.41) is 20.8. The SMILES string of the molecule is N#Cc1cc(Br)ccc1NCC(O)C(N)=O. The second-order valence-corrected chi connectivity index (χ2v) is 4.02. The average molecular weight is 284 g/mol. The van der Waals surface area contributed by atoms with E-state index in [-0.39, 0.29) is 6.54 Å². The van der Waals surface area contributed by atoms with E-state index in [0.717, 1.165) is 4.47 Å². The summed E-state index contributed by atoms with van der Waals surface area (Å²) in [5.74, 6) is -0.803. The van der Waals surface area contributed by atoms with Crippen LogP contribution in [0.1, 0.15) is 5.56 Å². The maximum atomic E-state index is 10.6. The predicted molar refractivity (Wildman–Crippen MR) is 62.5 cm³/mol. The maximum Gasteiger partial charge on any atom is 0.248 e. The van der Waals surface area contributed by atoms with Crippen molar-refractivity contribution >= 4 is 27.5 Å². The first kappa shape index (κ1) is 12.5. The fourth-order valence-corrected chi connectivity index (χ4v) is 1.43. The number of anilines is 1. The van der Waals surface area contributed by atoms with Crippen molar-refractivity contribution in [1.82, 2.24) is 0 Å². The van der Waals surface area contributed by atoms with Crippen LogP contribution in [0.25, 0.3) is 0 Å². The Balaban J connectivity index is 2.75. The highest BCUT2D eigenvalue weighted by Crippen LogP contribution is 2.20. The van der Waals surface area contributed by atoms with Crippen molar-refractivity contribution in [2.75, 3.05) is 11.9 Å². The van der Waals surface area contributed by atoms with E-state index in [1.165, 1.54) is 0 Å². The van der Waals surface area contributed by atoms with E-state index in [4.69, 9.17) is 11.0 Å². The maximum absolute atomic E-state index is 10.6. The molecule has 1 amide bonds. The lowest BCUT2D eigenvalue weighted by Gasteiger charge is -2.10. The highest BCUT2D eigenvalue weighted by molar-refractivity contribution is 9.10. The van der Waals surface area contributed by atoms with E-state index in [1.807, 2.05) is 6.07 Å². The first-order valence-electron chi connectivity index (χ1n) is 4.45. The van der Waals surface area contributed by atoms with Crippen molar-refractivity contribution in [2.45, 2.75) is 6.10 Å². The van der Waals surface area contributed by atoms with Gasteiger partial charge < -0.3 is 16.2 Å². The number of hydrogen-bond donors (Lipinski definition) is 3. The molecule has 0 spiro atoms. The molecule has 0 saturated heterocycles. The predicted octanol–water partition coefficient (Wildman–Crippen LogP) is 0.579. The minimum absolute atomic E-state index is 0.0222. The summed E-state index contributed by atoms with van der Waals surface area (Å²) in [5.41, 5.74) is 5.86. The summed E-state index contributed by atoms with van der Waals surface area (Å²) in [6.45, 7) is -0.0222. The summed E-state index contributed by atoms with van der Waals surface area (Å²) in [6.07, 6.45) is -1.27. The molecule has 1 rings (SSSR count). The van der Waals surface area contributed by atoms with Gasteiger partial charge in [0.2, 0.25) is 5.91 Å². The molecule has 6 heteroatoms. The van der Waals surface area contributed by atoms with Gasteiger partial charge in [-0.2, -0.15) is 5.26 Å². The highest BCUT2D eigenvalue weighted by atomic mass is 79.9. The first-order valence-corrected chi connectivity index (χ1v) is 5.25. The number of rotatable bonds is 4. The van der Waals surface area contributed by atoms with Crippen molar-refractivity contribution in [3.05, 3.63) is 28.2 Å². The van der Waals surface area contributed by atoms with E-state index < -0.39 is 12.0 Å². The average Bonchev–Trinajstić information content (AvgIpc) is 2.26. The number of carbonyl (C=O) groups is 1. The van der Waals surface area contributed by atoms with Gasteiger partial charge in [-0.05, 0) is 18.2 Å². The molecule has 0 saturated carbocycles. The Morgan fingerprint density at radius 2 is 2.38 bits per heavy atom. The molecule has 4 N–H and O–H groups in total. The normalized spacial score (nSPS) is 11.6. The number of aliphatic hydroxyl groups is 1. The molecule has 1 aromatic carbocycles. The summed E-state index contributed by atoms with van der Waals surface area (Å²) in [6, 6.07) is 7.06. The Bertz CT molecular complexity index is 442. The van der Waals surface area contributed by atoms with Crippen molar-refractivity contribution in [3.63, 3.8) is 0 Å². The molecule has 0 radical (unpaired) electrons. The molecule has 0 bridgehead atoms. The van der Waals surface area contributed by atoms with Gasteiger partial charge in [-0.3, -0.25) is 4.79 Å². The molecule has 0 heterocycles. The largest absolute Gasteiger partial charge is 0.381 e. The molecule has 1 aromatic rings. The van der Waals surface area contributed by atoms with Gasteiger partial charge in [-0.15, -0.1) is 0 Å². The minimum Gasteiger partial charge on any atom is -0.381 e. The molecule has 0 aliphatic heterocycles. The smallest absolute Gasteiger partial charge is 0.248 e. The van der Waals surface area contributed by atoms with Gasteiger partial charge in [-0.1, -0.05) is 15.9 Å². The molecular formula is C10H10BrN3O2. The third-order valence-corrected chi connectivity index (χ3v) is 2.41. The van der Waals surface area contributed by atoms with Crippen LogP contribution >= 0.6 is 15.9 Å². The molecule has 0 fully saturated rings. The minimum atomic E-state index is -1.27. The highest BCUT2D eigenvalue weighted by Gasteiger charge is 2.11. The topological polar surface area (TPSA) is 99.1 Å². The summed E-state index contributed by atoms with van der Waals surface area (Å²) >= 11 is 3.24. The Morgan fingerprint density at radius 3 is 2.94 bits per heavy atom. The number of nitrogens with two attached hydrogens (primary N) is 1. The van der Waals surface area contributed by atoms with Gasteiger partial charge >= 0.3 is 0 Å². The van der Waals surface area contributed by atoms with Crippen LogP contribution in [-0.4, -0.2) is 23.7 Å². The van der Waals surface area contributed by atoms with Gasteiger partial charge in [0.1, 0.15) is 12.2 Å². The zero-order valence-electron chi connectivity index (χ0n) is 8.27. The lowest BCUT2D eigenvalue weighted by atomic mass is 10.2. The van der Waals surface area contributed by atoms with Crippen LogP contribution < -0.4 is 11.1 Å².